The van der Waals surface area contributed by atoms with Crippen LogP contribution in [0.4, 0.5) is 0 Å². The topological polar surface area (TPSA) is 9.86 Å². The average molecular weight is 715 g/mol. The second-order valence-corrected chi connectivity index (χ2v) is 15.4. The fraction of sp³-hybridized carbons (Fsp3) is 0.0741. The summed E-state index contributed by atoms with van der Waals surface area (Å²) in [6.07, 6.45) is 14.0. The highest BCUT2D eigenvalue weighted by Gasteiger charge is 2.22. The molecule has 0 saturated carbocycles. The molecule has 0 saturated heterocycles. The maximum absolute atomic E-state index is 2.48. The predicted octanol–water partition coefficient (Wildman–Crippen LogP) is 14.3. The van der Waals surface area contributed by atoms with Crippen LogP contribution in [-0.2, 0) is 12.8 Å². The molecule has 0 spiro atoms. The van der Waals surface area contributed by atoms with Gasteiger partial charge in [0.1, 0.15) is 0 Å². The third kappa shape index (κ3) is 4.63. The van der Waals surface area contributed by atoms with Crippen molar-refractivity contribution in [1.29, 1.82) is 0 Å². The first kappa shape index (κ1) is 31.5. The first-order chi connectivity index (χ1) is 27.8. The van der Waals surface area contributed by atoms with Crippen LogP contribution in [0.5, 0.6) is 0 Å². The Morgan fingerprint density at radius 3 is 1.61 bits per heavy atom. The van der Waals surface area contributed by atoms with Crippen molar-refractivity contribution in [2.45, 2.75) is 25.7 Å². The zero-order valence-corrected chi connectivity index (χ0v) is 31.0. The Morgan fingerprint density at radius 1 is 0.357 bits per heavy atom. The highest BCUT2D eigenvalue weighted by atomic mass is 15.0. The van der Waals surface area contributed by atoms with Crippen LogP contribution in [-0.4, -0.2) is 9.13 Å². The van der Waals surface area contributed by atoms with Gasteiger partial charge in [-0.3, -0.25) is 0 Å². The van der Waals surface area contributed by atoms with Crippen LogP contribution in [0.3, 0.4) is 0 Å². The van der Waals surface area contributed by atoms with Crippen LogP contribution < -0.4 is 0 Å². The first-order valence-electron chi connectivity index (χ1n) is 20.0. The minimum absolute atomic E-state index is 1.13. The summed E-state index contributed by atoms with van der Waals surface area (Å²) in [6, 6.07) is 58.5. The van der Waals surface area contributed by atoms with Crippen LogP contribution in [0.1, 0.15) is 35.1 Å². The zero-order chi connectivity index (χ0) is 36.7. The minimum Gasteiger partial charge on any atom is -0.309 e. The van der Waals surface area contributed by atoms with E-state index in [0.717, 1.165) is 25.7 Å². The van der Waals surface area contributed by atoms with Gasteiger partial charge in [-0.1, -0.05) is 127 Å². The molecule has 2 nitrogen and oxygen atoms in total. The normalized spacial score (nSPS) is 13.6. The van der Waals surface area contributed by atoms with E-state index in [0.29, 0.717) is 0 Å². The molecule has 0 amide bonds. The third-order valence-corrected chi connectivity index (χ3v) is 12.5. The molecule has 264 valence electrons. The van der Waals surface area contributed by atoms with E-state index in [-0.39, 0.29) is 0 Å². The number of para-hydroxylation sites is 3. The molecule has 8 aromatic carbocycles. The van der Waals surface area contributed by atoms with Crippen LogP contribution in [0.15, 0.2) is 170 Å². The van der Waals surface area contributed by atoms with E-state index >= 15 is 0 Å². The Balaban J connectivity index is 1.03. The lowest BCUT2D eigenvalue weighted by atomic mass is 9.81. The lowest BCUT2D eigenvalue weighted by molar-refractivity contribution is 0.911. The van der Waals surface area contributed by atoms with Crippen LogP contribution >= 0.6 is 0 Å². The van der Waals surface area contributed by atoms with Gasteiger partial charge in [-0.15, -0.1) is 0 Å². The molecule has 12 rings (SSSR count). The highest BCUT2D eigenvalue weighted by Crippen LogP contribution is 2.42. The molecule has 2 heteroatoms. The van der Waals surface area contributed by atoms with E-state index in [2.05, 4.69) is 191 Å². The monoisotopic (exact) mass is 714 g/mol. The molecule has 0 N–H and O–H groups in total. The van der Waals surface area contributed by atoms with Gasteiger partial charge >= 0.3 is 0 Å². The maximum atomic E-state index is 2.48. The SMILES string of the molecule is C1=Cc2c(c3c(c4cc(-n5c6ccccc6c6cc(-c7ccc8c(c7)c7ccccc7n8-c7ccccc7-c7ccccc7)ccc65)ccc24)C=CCC3)CC1. The van der Waals surface area contributed by atoms with Crippen molar-refractivity contribution in [3.8, 4) is 33.6 Å². The third-order valence-electron chi connectivity index (χ3n) is 12.5. The highest BCUT2D eigenvalue weighted by molar-refractivity contribution is 6.13. The second kappa shape index (κ2) is 12.3. The number of fused-ring (bicyclic) bond motifs is 12. The zero-order valence-electron chi connectivity index (χ0n) is 31.0. The van der Waals surface area contributed by atoms with Gasteiger partial charge in [0.15, 0.2) is 0 Å². The molecular weight excluding hydrogens is 677 g/mol. The Bertz CT molecular complexity index is 3300. The fourth-order valence-electron chi connectivity index (χ4n) is 9.96. The van der Waals surface area contributed by atoms with Crippen molar-refractivity contribution in [3.63, 3.8) is 0 Å². The summed E-state index contributed by atoms with van der Waals surface area (Å²) < 4.78 is 4.92. The Hall–Kier alpha value is -6.90. The summed E-state index contributed by atoms with van der Waals surface area (Å²) in [5.41, 5.74) is 18.1. The molecule has 2 aromatic heterocycles. The number of rotatable bonds is 4. The Kier molecular flexibility index (Phi) is 6.91. The minimum atomic E-state index is 1.13. The van der Waals surface area contributed by atoms with E-state index < -0.39 is 0 Å². The van der Waals surface area contributed by atoms with Crippen LogP contribution in [0.2, 0.25) is 0 Å². The van der Waals surface area contributed by atoms with Gasteiger partial charge in [-0.25, -0.2) is 0 Å². The summed E-state index contributed by atoms with van der Waals surface area (Å²) >= 11 is 0. The summed E-state index contributed by atoms with van der Waals surface area (Å²) in [5.74, 6) is 0. The van der Waals surface area contributed by atoms with Crippen LogP contribution in [0.25, 0.3) is 100 Å². The molecule has 56 heavy (non-hydrogen) atoms. The van der Waals surface area contributed by atoms with Crippen molar-refractivity contribution in [2.24, 2.45) is 0 Å². The van der Waals surface area contributed by atoms with Crippen molar-refractivity contribution in [3.05, 3.63) is 192 Å². The molecular formula is C54H38N2. The molecule has 2 heterocycles. The molecule has 0 bridgehead atoms. The van der Waals surface area contributed by atoms with E-state index in [1.165, 1.54) is 99.1 Å². The molecule has 0 radical (unpaired) electrons. The molecule has 0 unspecified atom stereocenters. The smallest absolute Gasteiger partial charge is 0.0541 e. The summed E-state index contributed by atoms with van der Waals surface area (Å²) in [7, 11) is 0. The van der Waals surface area contributed by atoms with Crippen molar-refractivity contribution < 1.29 is 0 Å². The van der Waals surface area contributed by atoms with Gasteiger partial charge in [0.2, 0.25) is 0 Å². The molecule has 2 aliphatic carbocycles. The molecule has 0 atom stereocenters. The van der Waals surface area contributed by atoms with E-state index in [1.54, 1.807) is 11.1 Å². The number of aromatic nitrogens is 2. The molecule has 0 fully saturated rings. The predicted molar refractivity (Wildman–Crippen MR) is 238 cm³/mol. The Labute approximate surface area is 325 Å². The van der Waals surface area contributed by atoms with E-state index in [9.17, 15) is 0 Å². The van der Waals surface area contributed by atoms with Gasteiger partial charge in [0.25, 0.3) is 0 Å². The van der Waals surface area contributed by atoms with E-state index in [4.69, 9.17) is 0 Å². The molecule has 0 aliphatic heterocycles. The van der Waals surface area contributed by atoms with Crippen molar-refractivity contribution >= 4 is 66.5 Å². The average Bonchev–Trinajstić information content (AvgIpc) is 3.79. The van der Waals surface area contributed by atoms with Gasteiger partial charge < -0.3 is 9.13 Å². The maximum Gasteiger partial charge on any atom is 0.0541 e. The lowest BCUT2D eigenvalue weighted by Gasteiger charge is -2.24. The standard InChI is InChI=1S/C54H38N2/c1-2-14-35(15-3-1)39-16-8-11-23-50(39)56-52-25-13-10-22-46(52)49-33-37(27-31-54(49)56)36-26-30-53-48(32-36)45-21-9-12-24-51(45)55(53)38-28-29-44-42-19-5-4-17-40(42)41-18-6-7-20-43(41)47(44)34-38/h1-3,5,7-16,19-34H,4,6,17-18H2. The number of allylic oxidation sites excluding steroid dienone is 2. The van der Waals surface area contributed by atoms with Crippen molar-refractivity contribution in [1.82, 2.24) is 9.13 Å². The van der Waals surface area contributed by atoms with Crippen molar-refractivity contribution in [2.75, 3.05) is 0 Å². The van der Waals surface area contributed by atoms with Gasteiger partial charge in [0.05, 0.1) is 27.8 Å². The molecule has 2 aliphatic rings. The van der Waals surface area contributed by atoms with Gasteiger partial charge in [-0.05, 0) is 130 Å². The van der Waals surface area contributed by atoms with E-state index in [1.807, 2.05) is 0 Å². The van der Waals surface area contributed by atoms with Gasteiger partial charge in [-0.2, -0.15) is 0 Å². The largest absolute Gasteiger partial charge is 0.309 e. The first-order valence-corrected chi connectivity index (χ1v) is 20.0. The Morgan fingerprint density at radius 2 is 0.911 bits per heavy atom. The van der Waals surface area contributed by atoms with Crippen LogP contribution in [0, 0.1) is 0 Å². The fourth-order valence-corrected chi connectivity index (χ4v) is 9.96. The number of hydrogen-bond donors (Lipinski definition) is 0. The van der Waals surface area contributed by atoms with Gasteiger partial charge in [0, 0.05) is 32.8 Å². The summed E-state index contributed by atoms with van der Waals surface area (Å²) in [6.45, 7) is 0. The quantitative estimate of drug-likeness (QED) is 0.172. The summed E-state index contributed by atoms with van der Waals surface area (Å²) in [5, 5.41) is 7.79. The molecule has 10 aromatic rings. The lowest BCUT2D eigenvalue weighted by Crippen LogP contribution is -2.07. The number of benzene rings is 8. The summed E-state index contributed by atoms with van der Waals surface area (Å²) in [4.78, 5) is 0. The second-order valence-electron chi connectivity index (χ2n) is 15.4. The number of hydrogen-bond acceptors (Lipinski definition) is 0. The number of nitrogens with zero attached hydrogens (tertiary/aromatic N) is 2.